The van der Waals surface area contributed by atoms with E-state index in [-0.39, 0.29) is 24.0 Å². The molecular weight excluding hydrogens is 475 g/mol. The summed E-state index contributed by atoms with van der Waals surface area (Å²) in [5, 5.41) is 8.43. The fourth-order valence-corrected chi connectivity index (χ4v) is 5.22. The number of carbonyl (C=O) groups is 1. The van der Waals surface area contributed by atoms with Gasteiger partial charge in [0.05, 0.1) is 16.6 Å². The molecule has 2 aliphatic rings. The Morgan fingerprint density at radius 3 is 2.67 bits per heavy atom. The maximum Gasteiger partial charge on any atom is 0.416 e. The Kier molecular flexibility index (Phi) is 5.15. The second-order valence-corrected chi connectivity index (χ2v) is 9.29. The summed E-state index contributed by atoms with van der Waals surface area (Å²) in [6.45, 7) is 3.30. The maximum absolute atomic E-state index is 13.5. The SMILES string of the molecule is Cc1cc2c(cc1C(=O)N1CCc3cc(C(F)(F)F)ccc31)[nH]c(=O)c1nnc(C3CCOCC3)n12. The van der Waals surface area contributed by atoms with Gasteiger partial charge in [-0.05, 0) is 67.6 Å². The topological polar surface area (TPSA) is 92.6 Å². The number of halogens is 3. The van der Waals surface area contributed by atoms with Crippen molar-refractivity contribution in [1.29, 1.82) is 0 Å². The van der Waals surface area contributed by atoms with Crippen LogP contribution in [0.2, 0.25) is 0 Å². The van der Waals surface area contributed by atoms with Gasteiger partial charge in [0.25, 0.3) is 11.5 Å². The molecule has 0 radical (unpaired) electrons. The van der Waals surface area contributed by atoms with Gasteiger partial charge >= 0.3 is 6.18 Å². The summed E-state index contributed by atoms with van der Waals surface area (Å²) in [4.78, 5) is 30.6. The number of fused-ring (bicyclic) bond motifs is 4. The lowest BCUT2D eigenvalue weighted by molar-refractivity contribution is -0.137. The van der Waals surface area contributed by atoms with Crippen LogP contribution in [0.1, 0.15) is 51.6 Å². The number of aromatic amines is 1. The predicted molar refractivity (Wildman–Crippen MR) is 125 cm³/mol. The van der Waals surface area contributed by atoms with Gasteiger partial charge in [0.15, 0.2) is 0 Å². The number of carbonyl (C=O) groups excluding carboxylic acids is 1. The zero-order valence-electron chi connectivity index (χ0n) is 19.4. The standard InChI is InChI=1S/C25H22F3N5O3/c1-13-10-20-18(29-23(34)22-31-30-21(33(20)22)14-5-8-36-9-6-14)12-17(13)24(35)32-7-4-15-11-16(25(26,27)28)2-3-19(15)32/h2-3,10-12,14H,4-9H2,1H3,(H,29,34). The Labute approximate surface area is 202 Å². The van der Waals surface area contributed by atoms with Gasteiger partial charge in [-0.3, -0.25) is 14.0 Å². The van der Waals surface area contributed by atoms with Gasteiger partial charge in [0.1, 0.15) is 5.82 Å². The Morgan fingerprint density at radius 1 is 1.14 bits per heavy atom. The lowest BCUT2D eigenvalue weighted by Gasteiger charge is -2.21. The molecule has 186 valence electrons. The molecule has 8 nitrogen and oxygen atoms in total. The molecule has 2 aromatic heterocycles. The van der Waals surface area contributed by atoms with E-state index in [1.807, 2.05) is 6.07 Å². The van der Waals surface area contributed by atoms with E-state index in [2.05, 4.69) is 15.2 Å². The average molecular weight is 497 g/mol. The molecule has 0 saturated carbocycles. The van der Waals surface area contributed by atoms with Gasteiger partial charge in [-0.15, -0.1) is 10.2 Å². The van der Waals surface area contributed by atoms with Crippen molar-refractivity contribution >= 4 is 28.3 Å². The maximum atomic E-state index is 13.5. The highest BCUT2D eigenvalue weighted by molar-refractivity contribution is 6.09. The first-order valence-electron chi connectivity index (χ1n) is 11.7. The molecule has 4 aromatic rings. The number of hydrogen-bond acceptors (Lipinski definition) is 5. The second-order valence-electron chi connectivity index (χ2n) is 9.29. The van der Waals surface area contributed by atoms with E-state index < -0.39 is 17.3 Å². The van der Waals surface area contributed by atoms with Gasteiger partial charge in [-0.1, -0.05) is 0 Å². The van der Waals surface area contributed by atoms with E-state index in [4.69, 9.17) is 4.74 Å². The first-order chi connectivity index (χ1) is 17.2. The van der Waals surface area contributed by atoms with Crippen LogP contribution in [0.4, 0.5) is 18.9 Å². The summed E-state index contributed by atoms with van der Waals surface area (Å²) in [5.41, 5.74) is 2.18. The van der Waals surface area contributed by atoms with Crippen LogP contribution in [0, 0.1) is 6.92 Å². The first-order valence-corrected chi connectivity index (χ1v) is 11.7. The largest absolute Gasteiger partial charge is 0.416 e. The number of nitrogens with zero attached hydrogens (tertiary/aromatic N) is 4. The molecule has 0 unspecified atom stereocenters. The van der Waals surface area contributed by atoms with Crippen LogP contribution in [-0.2, 0) is 17.3 Å². The van der Waals surface area contributed by atoms with E-state index in [0.717, 1.165) is 25.0 Å². The van der Waals surface area contributed by atoms with Crippen molar-refractivity contribution in [2.75, 3.05) is 24.7 Å². The van der Waals surface area contributed by atoms with Gasteiger partial charge < -0.3 is 14.6 Å². The third kappa shape index (κ3) is 3.57. The number of anilines is 1. The van der Waals surface area contributed by atoms with E-state index in [9.17, 15) is 22.8 Å². The zero-order valence-corrected chi connectivity index (χ0v) is 19.4. The molecule has 11 heteroatoms. The molecule has 1 fully saturated rings. The van der Waals surface area contributed by atoms with Gasteiger partial charge in [0.2, 0.25) is 5.65 Å². The molecule has 1 N–H and O–H groups in total. The van der Waals surface area contributed by atoms with E-state index in [1.165, 1.54) is 11.0 Å². The summed E-state index contributed by atoms with van der Waals surface area (Å²) in [6, 6.07) is 6.90. The first kappa shape index (κ1) is 22.7. The summed E-state index contributed by atoms with van der Waals surface area (Å²) < 4.78 is 46.6. The highest BCUT2D eigenvalue weighted by Crippen LogP contribution is 2.37. The van der Waals surface area contributed by atoms with E-state index in [1.54, 1.807) is 17.4 Å². The van der Waals surface area contributed by atoms with Crippen molar-refractivity contribution < 1.29 is 22.7 Å². The van der Waals surface area contributed by atoms with E-state index >= 15 is 0 Å². The molecule has 0 atom stereocenters. The highest BCUT2D eigenvalue weighted by atomic mass is 19.4. The molecule has 0 bridgehead atoms. The van der Waals surface area contributed by atoms with Crippen LogP contribution in [0.15, 0.2) is 35.1 Å². The summed E-state index contributed by atoms with van der Waals surface area (Å²) in [5.74, 6) is 0.460. The van der Waals surface area contributed by atoms with Crippen LogP contribution in [0.5, 0.6) is 0 Å². The molecule has 0 aliphatic carbocycles. The molecular formula is C25H22F3N5O3. The Balaban J connectivity index is 1.43. The normalized spacial score (nSPS) is 16.7. The number of ether oxygens (including phenoxy) is 1. The van der Waals surface area contributed by atoms with Crippen LogP contribution >= 0.6 is 0 Å². The van der Waals surface area contributed by atoms with Gasteiger partial charge in [-0.2, -0.15) is 13.2 Å². The molecule has 1 amide bonds. The van der Waals surface area contributed by atoms with Gasteiger partial charge in [-0.25, -0.2) is 0 Å². The molecule has 36 heavy (non-hydrogen) atoms. The third-order valence-corrected chi connectivity index (χ3v) is 7.09. The monoisotopic (exact) mass is 497 g/mol. The smallest absolute Gasteiger partial charge is 0.381 e. The Bertz CT molecular complexity index is 1580. The number of benzene rings is 2. The lowest BCUT2D eigenvalue weighted by atomic mass is 9.99. The Hall–Kier alpha value is -3.73. The number of rotatable bonds is 2. The number of aromatic nitrogens is 4. The molecule has 6 rings (SSSR count). The van der Waals surface area contributed by atoms with Gasteiger partial charge in [0, 0.05) is 36.9 Å². The number of hydrogen-bond donors (Lipinski definition) is 1. The quantitative estimate of drug-likeness (QED) is 0.452. The van der Waals surface area contributed by atoms with Crippen LogP contribution in [0.25, 0.3) is 16.7 Å². The number of amides is 1. The highest BCUT2D eigenvalue weighted by Gasteiger charge is 2.34. The van der Waals surface area contributed by atoms with Crippen molar-refractivity contribution in [3.8, 4) is 0 Å². The average Bonchev–Trinajstić information content (AvgIpc) is 3.49. The minimum absolute atomic E-state index is 0.100. The molecule has 0 spiro atoms. The summed E-state index contributed by atoms with van der Waals surface area (Å²) in [6.07, 6.45) is -2.56. The predicted octanol–water partition coefficient (Wildman–Crippen LogP) is 3.99. The van der Waals surface area contributed by atoms with Crippen molar-refractivity contribution in [3.63, 3.8) is 0 Å². The molecule has 1 saturated heterocycles. The number of nitrogens with one attached hydrogen (secondary N) is 1. The molecule has 2 aromatic carbocycles. The second kappa shape index (κ2) is 8.16. The number of H-pyrrole nitrogens is 1. The third-order valence-electron chi connectivity index (χ3n) is 7.09. The van der Waals surface area contributed by atoms with Crippen LogP contribution in [0.3, 0.4) is 0 Å². The Morgan fingerprint density at radius 2 is 1.92 bits per heavy atom. The van der Waals surface area contributed by atoms with Crippen molar-refractivity contribution in [1.82, 2.24) is 19.6 Å². The fraction of sp³-hybridized carbons (Fsp3) is 0.360. The van der Waals surface area contributed by atoms with E-state index in [0.29, 0.717) is 58.9 Å². The van der Waals surface area contributed by atoms with Crippen molar-refractivity contribution in [3.05, 3.63) is 68.8 Å². The molecule has 2 aliphatic heterocycles. The minimum Gasteiger partial charge on any atom is -0.381 e. The van der Waals surface area contributed by atoms with Crippen LogP contribution in [-0.4, -0.2) is 45.2 Å². The molecule has 4 heterocycles. The van der Waals surface area contributed by atoms with Crippen LogP contribution < -0.4 is 10.5 Å². The lowest BCUT2D eigenvalue weighted by Crippen LogP contribution is -2.29. The number of alkyl halides is 3. The van der Waals surface area contributed by atoms with Crippen molar-refractivity contribution in [2.24, 2.45) is 0 Å². The van der Waals surface area contributed by atoms with Crippen molar-refractivity contribution in [2.45, 2.75) is 38.3 Å². The zero-order chi connectivity index (χ0) is 25.2. The number of aryl methyl sites for hydroxylation is 1. The minimum atomic E-state index is -4.44. The summed E-state index contributed by atoms with van der Waals surface area (Å²) in [7, 11) is 0. The fourth-order valence-electron chi connectivity index (χ4n) is 5.22. The summed E-state index contributed by atoms with van der Waals surface area (Å²) >= 11 is 0.